The van der Waals surface area contributed by atoms with E-state index >= 15 is 0 Å². The average molecular weight is 782 g/mol. The SMILES string of the molecule is CNC(=O)NC(N)=NCCC[C@@H]1NC(=O)[C@@H](C)NC(=O)C[C@@H](C(=O)O)NC(=O)C[C@@H](C(=O)O)NC(=O)[C@H](Cc2ccc(OCc3ccccc3)cc2)N(C)C1=O. The molecule has 5 atom stereocenters. The summed E-state index contributed by atoms with van der Waals surface area (Å²) in [6.07, 6.45) is -1.85. The number of aliphatic carboxylic acids is 2. The first-order valence-corrected chi connectivity index (χ1v) is 17.5. The predicted octanol–water partition coefficient (Wildman–Crippen LogP) is -1.42. The molecular formula is C36H47N9O11. The molecule has 20 nitrogen and oxygen atoms in total. The lowest BCUT2D eigenvalue weighted by Gasteiger charge is -2.32. The van der Waals surface area contributed by atoms with Crippen LogP contribution in [0.3, 0.4) is 0 Å². The van der Waals surface area contributed by atoms with Crippen molar-refractivity contribution in [2.75, 3.05) is 20.6 Å². The van der Waals surface area contributed by atoms with Crippen LogP contribution in [0, 0.1) is 0 Å². The first-order chi connectivity index (χ1) is 26.6. The van der Waals surface area contributed by atoms with E-state index in [0.29, 0.717) is 11.3 Å². The van der Waals surface area contributed by atoms with Crippen LogP contribution in [0.15, 0.2) is 59.6 Å². The van der Waals surface area contributed by atoms with Crippen LogP contribution in [0.2, 0.25) is 0 Å². The van der Waals surface area contributed by atoms with Gasteiger partial charge < -0.3 is 52.2 Å². The maximum Gasteiger partial charge on any atom is 0.326 e. The number of carbonyl (C=O) groups excluding carboxylic acids is 6. The number of hydrogen-bond acceptors (Lipinski definition) is 10. The van der Waals surface area contributed by atoms with Crippen molar-refractivity contribution in [2.24, 2.45) is 10.7 Å². The summed E-state index contributed by atoms with van der Waals surface area (Å²) in [7, 11) is 2.66. The normalized spacial score (nSPS) is 21.7. The fraction of sp³-hybridized carbons (Fsp3) is 0.417. The average Bonchev–Trinajstić information content (AvgIpc) is 3.16. The molecule has 0 spiro atoms. The van der Waals surface area contributed by atoms with E-state index in [1.807, 2.05) is 30.3 Å². The number of nitrogens with two attached hydrogens (primary N) is 1. The Morgan fingerprint density at radius 3 is 2.07 bits per heavy atom. The number of aliphatic imine (C=N–C) groups is 1. The Balaban J connectivity index is 1.97. The number of likely N-dealkylation sites (N-methyl/N-ethyl adjacent to an activating group) is 1. The summed E-state index contributed by atoms with van der Waals surface area (Å²) in [5.41, 5.74) is 7.18. The van der Waals surface area contributed by atoms with Crippen molar-refractivity contribution >= 4 is 53.5 Å². The van der Waals surface area contributed by atoms with E-state index in [4.69, 9.17) is 10.5 Å². The van der Waals surface area contributed by atoms with Crippen molar-refractivity contribution < 1.29 is 53.3 Å². The maximum absolute atomic E-state index is 14.2. The van der Waals surface area contributed by atoms with Gasteiger partial charge in [-0.25, -0.2) is 14.4 Å². The van der Waals surface area contributed by atoms with Gasteiger partial charge in [-0.2, -0.15) is 0 Å². The molecule has 0 radical (unpaired) electrons. The van der Waals surface area contributed by atoms with Gasteiger partial charge in [0.2, 0.25) is 29.5 Å². The molecule has 20 heteroatoms. The zero-order chi connectivity index (χ0) is 41.4. The minimum absolute atomic E-state index is 0.00795. The summed E-state index contributed by atoms with van der Waals surface area (Å²) in [5, 5.41) is 33.4. The van der Waals surface area contributed by atoms with E-state index in [-0.39, 0.29) is 38.4 Å². The molecule has 0 aromatic heterocycles. The first kappa shape index (κ1) is 43.7. The highest BCUT2D eigenvalue weighted by atomic mass is 16.5. The standard InChI is InChI=1S/C36H47N9O11/c1-20-30(48)42-24(10-7-15-39-35(37)44-36(55)38-2)32(50)45(3)27(16-21-11-13-23(14-12-21)56-19-22-8-5-4-6-9-22)31(49)43-26(34(53)54)18-29(47)41-25(33(51)52)17-28(46)40-20/h4-6,8-9,11-14,20,24-27H,7,10,15-19H2,1-3H3,(H,40,46)(H,41,47)(H,42,48)(H,43,49)(H,51,52)(H,53,54)(H4,37,38,39,44,55)/t20-,24+,25+,26+,27+/m1/s1. The number of carbonyl (C=O) groups is 8. The highest BCUT2D eigenvalue weighted by molar-refractivity contribution is 5.97. The van der Waals surface area contributed by atoms with Crippen LogP contribution >= 0.6 is 0 Å². The number of nitrogens with zero attached hydrogens (tertiary/aromatic N) is 2. The van der Waals surface area contributed by atoms with E-state index in [0.717, 1.165) is 10.5 Å². The Morgan fingerprint density at radius 2 is 1.46 bits per heavy atom. The Labute approximate surface area is 322 Å². The molecule has 10 N–H and O–H groups in total. The summed E-state index contributed by atoms with van der Waals surface area (Å²) < 4.78 is 5.85. The quantitative estimate of drug-likeness (QED) is 0.0721. The highest BCUT2D eigenvalue weighted by Gasteiger charge is 2.36. The van der Waals surface area contributed by atoms with Crippen molar-refractivity contribution in [3.05, 3.63) is 65.7 Å². The minimum atomic E-state index is -1.87. The minimum Gasteiger partial charge on any atom is -0.489 e. The van der Waals surface area contributed by atoms with Crippen molar-refractivity contribution in [3.63, 3.8) is 0 Å². The van der Waals surface area contributed by atoms with E-state index < -0.39 is 90.6 Å². The third-order valence-corrected chi connectivity index (χ3v) is 8.53. The summed E-state index contributed by atoms with van der Waals surface area (Å²) in [6, 6.07) is 7.72. The van der Waals surface area contributed by atoms with Crippen LogP contribution in [0.1, 0.15) is 43.7 Å². The maximum atomic E-state index is 14.2. The number of guanidine groups is 1. The molecule has 3 rings (SSSR count). The molecule has 302 valence electrons. The zero-order valence-corrected chi connectivity index (χ0v) is 31.1. The second kappa shape index (κ2) is 21.2. The first-order valence-electron chi connectivity index (χ1n) is 17.5. The molecule has 0 unspecified atom stereocenters. The summed E-state index contributed by atoms with van der Waals surface area (Å²) in [4.78, 5) is 108. The third kappa shape index (κ3) is 13.9. The van der Waals surface area contributed by atoms with Gasteiger partial charge in [-0.05, 0) is 43.0 Å². The predicted molar refractivity (Wildman–Crippen MR) is 199 cm³/mol. The van der Waals surface area contributed by atoms with E-state index in [1.54, 1.807) is 24.3 Å². The topological polar surface area (TPSA) is 300 Å². The zero-order valence-electron chi connectivity index (χ0n) is 31.1. The van der Waals surface area contributed by atoms with Gasteiger partial charge in [-0.3, -0.25) is 34.3 Å². The van der Waals surface area contributed by atoms with Crippen LogP contribution in [-0.4, -0.2) is 119 Å². The molecule has 1 heterocycles. The Kier molecular flexibility index (Phi) is 16.6. The number of ether oxygens (including phenoxy) is 1. The van der Waals surface area contributed by atoms with Gasteiger partial charge in [0.05, 0.1) is 12.8 Å². The molecular weight excluding hydrogens is 734 g/mol. The van der Waals surface area contributed by atoms with Crippen molar-refractivity contribution in [1.82, 2.24) is 36.8 Å². The lowest BCUT2D eigenvalue weighted by molar-refractivity contribution is -0.147. The highest BCUT2D eigenvalue weighted by Crippen LogP contribution is 2.18. The fourth-order valence-corrected chi connectivity index (χ4v) is 5.42. The Bertz CT molecular complexity index is 1770. The van der Waals surface area contributed by atoms with Crippen LogP contribution in [0.25, 0.3) is 0 Å². The van der Waals surface area contributed by atoms with Gasteiger partial charge in [-0.1, -0.05) is 42.5 Å². The number of benzene rings is 2. The van der Waals surface area contributed by atoms with E-state index in [2.05, 4.69) is 36.9 Å². The van der Waals surface area contributed by atoms with Crippen LogP contribution in [0.5, 0.6) is 5.75 Å². The van der Waals surface area contributed by atoms with Crippen molar-refractivity contribution in [3.8, 4) is 5.75 Å². The summed E-state index contributed by atoms with van der Waals surface area (Å²) in [6.45, 7) is 1.57. The van der Waals surface area contributed by atoms with Crippen LogP contribution < -0.4 is 42.4 Å². The molecule has 2 aromatic carbocycles. The smallest absolute Gasteiger partial charge is 0.326 e. The van der Waals surface area contributed by atoms with Crippen molar-refractivity contribution in [1.29, 1.82) is 0 Å². The van der Waals surface area contributed by atoms with Crippen molar-refractivity contribution in [2.45, 2.75) is 75.8 Å². The van der Waals surface area contributed by atoms with Gasteiger partial charge in [-0.15, -0.1) is 0 Å². The molecule has 0 saturated carbocycles. The molecule has 1 aliphatic heterocycles. The molecule has 1 saturated heterocycles. The number of carboxylic acid groups (broad SMARTS) is 2. The van der Waals surface area contributed by atoms with Gasteiger partial charge in [0.15, 0.2) is 5.96 Å². The second-order valence-electron chi connectivity index (χ2n) is 12.8. The number of rotatable bonds is 11. The van der Waals surface area contributed by atoms with E-state index in [9.17, 15) is 48.6 Å². The number of hydrogen-bond donors (Lipinski definition) is 9. The Hall–Kier alpha value is -6.73. The third-order valence-electron chi connectivity index (χ3n) is 8.53. The lowest BCUT2D eigenvalue weighted by Crippen LogP contribution is -2.58. The molecule has 0 aliphatic carbocycles. The summed E-state index contributed by atoms with van der Waals surface area (Å²) >= 11 is 0. The van der Waals surface area contributed by atoms with Gasteiger partial charge in [0.1, 0.15) is 42.6 Å². The fourth-order valence-electron chi connectivity index (χ4n) is 5.42. The monoisotopic (exact) mass is 781 g/mol. The molecule has 56 heavy (non-hydrogen) atoms. The molecule has 1 aliphatic rings. The molecule has 1 fully saturated rings. The van der Waals surface area contributed by atoms with Crippen LogP contribution in [0.4, 0.5) is 4.79 Å². The molecule has 7 amide bonds. The largest absolute Gasteiger partial charge is 0.489 e. The number of carboxylic acids is 2. The van der Waals surface area contributed by atoms with Crippen LogP contribution in [-0.2, 0) is 46.6 Å². The number of amides is 7. The molecule has 0 bridgehead atoms. The Morgan fingerprint density at radius 1 is 0.857 bits per heavy atom. The summed E-state index contributed by atoms with van der Waals surface area (Å²) in [5.74, 6) is -7.59. The lowest BCUT2D eigenvalue weighted by atomic mass is 10.0. The number of nitrogens with one attached hydrogen (secondary N) is 6. The molecule has 2 aromatic rings. The van der Waals surface area contributed by atoms with Gasteiger partial charge >= 0.3 is 18.0 Å². The van der Waals surface area contributed by atoms with E-state index in [1.165, 1.54) is 21.0 Å². The van der Waals surface area contributed by atoms with Gasteiger partial charge in [0, 0.05) is 27.1 Å². The number of urea groups is 1. The second-order valence-corrected chi connectivity index (χ2v) is 12.8. The van der Waals surface area contributed by atoms with Gasteiger partial charge in [0.25, 0.3) is 0 Å².